The lowest BCUT2D eigenvalue weighted by atomic mass is 9.96. The Bertz CT molecular complexity index is 685. The van der Waals surface area contributed by atoms with Crippen molar-refractivity contribution in [1.29, 1.82) is 0 Å². The summed E-state index contributed by atoms with van der Waals surface area (Å²) >= 11 is 0. The molecule has 0 spiro atoms. The molecule has 0 aliphatic rings. The normalized spacial score (nSPS) is 12.8. The van der Waals surface area contributed by atoms with Gasteiger partial charge in [-0.2, -0.15) is 8.42 Å². The third-order valence-corrected chi connectivity index (χ3v) is 6.90. The largest absolute Gasteiger partial charge is 0.472 e. The van der Waals surface area contributed by atoms with Crippen molar-refractivity contribution in [2.75, 3.05) is 0 Å². The lowest BCUT2D eigenvalue weighted by molar-refractivity contribution is 0.245. The maximum absolute atomic E-state index is 11.7. The average molecular weight is 455 g/mol. The van der Waals surface area contributed by atoms with Crippen molar-refractivity contribution in [3.63, 3.8) is 0 Å². The van der Waals surface area contributed by atoms with E-state index >= 15 is 0 Å². The van der Waals surface area contributed by atoms with Crippen molar-refractivity contribution >= 4 is 10.1 Å². The first kappa shape index (κ1) is 28.0. The lowest BCUT2D eigenvalue weighted by Gasteiger charge is -2.18. The Labute approximate surface area is 191 Å². The molecular formula is C26H46O4S. The van der Waals surface area contributed by atoms with Crippen LogP contribution in [0.25, 0.3) is 0 Å². The summed E-state index contributed by atoms with van der Waals surface area (Å²) in [5, 5.41) is 0. The molecule has 0 saturated heterocycles. The van der Waals surface area contributed by atoms with Crippen LogP contribution in [0.15, 0.2) is 18.2 Å². The van der Waals surface area contributed by atoms with E-state index in [-0.39, 0.29) is 6.42 Å². The maximum atomic E-state index is 11.7. The van der Waals surface area contributed by atoms with Crippen LogP contribution in [0.1, 0.15) is 122 Å². The van der Waals surface area contributed by atoms with E-state index in [9.17, 15) is 13.0 Å². The van der Waals surface area contributed by atoms with Gasteiger partial charge in [0.05, 0.1) is 0 Å². The summed E-state index contributed by atoms with van der Waals surface area (Å²) in [6.07, 6.45) is 18.2. The summed E-state index contributed by atoms with van der Waals surface area (Å²) in [5.74, 6) is 0.545. The third kappa shape index (κ3) is 12.5. The molecule has 0 heterocycles. The molecule has 0 fully saturated rings. The van der Waals surface area contributed by atoms with E-state index < -0.39 is 15.6 Å². The molecule has 180 valence electrons. The molecule has 4 nitrogen and oxygen atoms in total. The zero-order valence-electron chi connectivity index (χ0n) is 20.2. The minimum Gasteiger partial charge on any atom is -0.472 e. The monoisotopic (exact) mass is 454 g/mol. The number of hydrogen-bond acceptors (Lipinski definition) is 3. The van der Waals surface area contributed by atoms with Crippen molar-refractivity contribution in [3.05, 3.63) is 29.3 Å². The van der Waals surface area contributed by atoms with E-state index in [0.717, 1.165) is 19.3 Å². The quantitative estimate of drug-likeness (QED) is 0.170. The van der Waals surface area contributed by atoms with Crippen LogP contribution in [0.2, 0.25) is 0 Å². The highest BCUT2D eigenvalue weighted by atomic mass is 32.2. The van der Waals surface area contributed by atoms with Crippen LogP contribution in [-0.4, -0.2) is 18.4 Å². The molecule has 1 unspecified atom stereocenters. The summed E-state index contributed by atoms with van der Waals surface area (Å²) in [6.45, 7) is 6.36. The van der Waals surface area contributed by atoms with Gasteiger partial charge in [-0.15, -0.1) is 0 Å². The number of ether oxygens (including phenoxy) is 1. The Balaban J connectivity index is 2.77. The van der Waals surface area contributed by atoms with Gasteiger partial charge < -0.3 is 4.74 Å². The third-order valence-electron chi connectivity index (χ3n) is 5.90. The fourth-order valence-electron chi connectivity index (χ4n) is 4.00. The molecule has 0 bridgehead atoms. The van der Waals surface area contributed by atoms with Crippen molar-refractivity contribution < 1.29 is 17.7 Å². The molecule has 0 aliphatic heterocycles. The molecule has 0 amide bonds. The average Bonchev–Trinajstić information content (AvgIpc) is 2.73. The molecule has 0 aromatic heterocycles. The zero-order chi connectivity index (χ0) is 23.0. The summed E-state index contributed by atoms with van der Waals surface area (Å²) in [4.78, 5) is 0. The molecular weight excluding hydrogens is 408 g/mol. The first-order valence-electron chi connectivity index (χ1n) is 12.7. The van der Waals surface area contributed by atoms with Crippen LogP contribution in [-0.2, 0) is 23.0 Å². The number of unbranched alkanes of at least 4 members (excludes halogenated alkanes) is 10. The highest BCUT2D eigenvalue weighted by Gasteiger charge is 2.24. The Morgan fingerprint density at radius 3 is 1.77 bits per heavy atom. The molecule has 0 saturated carbocycles. The van der Waals surface area contributed by atoms with Crippen molar-refractivity contribution in [1.82, 2.24) is 0 Å². The number of aryl methyl sites for hydroxylation is 2. The molecule has 1 aromatic rings. The first-order valence-corrected chi connectivity index (χ1v) is 14.2. The smallest absolute Gasteiger partial charge is 0.303 e. The zero-order valence-corrected chi connectivity index (χ0v) is 21.0. The molecule has 1 aromatic carbocycles. The minimum absolute atomic E-state index is 0.283. The predicted octanol–water partition coefficient (Wildman–Crippen LogP) is 7.89. The van der Waals surface area contributed by atoms with Crippen molar-refractivity contribution in [2.45, 2.75) is 129 Å². The van der Waals surface area contributed by atoms with Gasteiger partial charge in [0.2, 0.25) is 5.44 Å². The Morgan fingerprint density at radius 1 is 0.742 bits per heavy atom. The Kier molecular flexibility index (Phi) is 14.9. The second-order valence-corrected chi connectivity index (χ2v) is 10.4. The summed E-state index contributed by atoms with van der Waals surface area (Å²) in [6, 6.07) is 5.97. The Morgan fingerprint density at radius 2 is 1.26 bits per heavy atom. The molecule has 0 radical (unpaired) electrons. The first-order chi connectivity index (χ1) is 14.9. The molecule has 1 rings (SSSR count). The van der Waals surface area contributed by atoms with E-state index in [4.69, 9.17) is 4.74 Å². The van der Waals surface area contributed by atoms with Gasteiger partial charge in [-0.3, -0.25) is 4.55 Å². The van der Waals surface area contributed by atoms with Gasteiger partial charge >= 0.3 is 10.1 Å². The fraction of sp³-hybridized carbons (Fsp3) is 0.769. The SMILES string of the molecule is CCCCCCCCc1ccc(OC(CCC)S(=O)(=O)O)cc1CCCCCCCC. The summed E-state index contributed by atoms with van der Waals surface area (Å²) < 4.78 is 38.5. The number of benzene rings is 1. The molecule has 1 atom stereocenters. The van der Waals surface area contributed by atoms with Gasteiger partial charge in [0.25, 0.3) is 0 Å². The highest BCUT2D eigenvalue weighted by molar-refractivity contribution is 7.86. The van der Waals surface area contributed by atoms with Gasteiger partial charge in [0.15, 0.2) is 0 Å². The second kappa shape index (κ2) is 16.5. The van der Waals surface area contributed by atoms with Crippen LogP contribution in [0.5, 0.6) is 5.75 Å². The minimum atomic E-state index is -4.23. The van der Waals surface area contributed by atoms with Crippen LogP contribution < -0.4 is 4.74 Å². The topological polar surface area (TPSA) is 63.6 Å². The van der Waals surface area contributed by atoms with Gasteiger partial charge in [-0.1, -0.05) is 97.5 Å². The van der Waals surface area contributed by atoms with E-state index in [0.29, 0.717) is 12.2 Å². The summed E-state index contributed by atoms with van der Waals surface area (Å²) in [7, 11) is -4.23. The Hall–Kier alpha value is -1.07. The molecule has 31 heavy (non-hydrogen) atoms. The van der Waals surface area contributed by atoms with Crippen LogP contribution in [0.4, 0.5) is 0 Å². The lowest BCUT2D eigenvalue weighted by Crippen LogP contribution is -2.26. The highest BCUT2D eigenvalue weighted by Crippen LogP contribution is 2.25. The van der Waals surface area contributed by atoms with E-state index in [1.54, 1.807) is 0 Å². The fourth-order valence-corrected chi connectivity index (χ4v) is 4.77. The second-order valence-electron chi connectivity index (χ2n) is 8.82. The van der Waals surface area contributed by atoms with Crippen LogP contribution in [0, 0.1) is 0 Å². The van der Waals surface area contributed by atoms with E-state index in [1.807, 2.05) is 19.1 Å². The maximum Gasteiger partial charge on any atom is 0.303 e. The van der Waals surface area contributed by atoms with Crippen LogP contribution in [0.3, 0.4) is 0 Å². The van der Waals surface area contributed by atoms with Crippen molar-refractivity contribution in [2.24, 2.45) is 0 Å². The molecule has 5 heteroatoms. The predicted molar refractivity (Wildman–Crippen MR) is 131 cm³/mol. The summed E-state index contributed by atoms with van der Waals surface area (Å²) in [5.41, 5.74) is 1.44. The standard InChI is InChI=1S/C26H46O4S/c1-4-7-9-11-13-15-18-23-20-21-25(30-26(17-6-3)31(27,28)29)22-24(23)19-16-14-12-10-8-5-2/h20-22,26H,4-19H2,1-3H3,(H,27,28,29). The van der Waals surface area contributed by atoms with Gasteiger partial charge in [0, 0.05) is 6.42 Å². The number of rotatable bonds is 19. The van der Waals surface area contributed by atoms with Gasteiger partial charge in [-0.25, -0.2) is 0 Å². The van der Waals surface area contributed by atoms with Crippen LogP contribution >= 0.6 is 0 Å². The number of hydrogen-bond donors (Lipinski definition) is 1. The van der Waals surface area contributed by atoms with Crippen molar-refractivity contribution in [3.8, 4) is 5.75 Å². The van der Waals surface area contributed by atoms with Gasteiger partial charge in [0.1, 0.15) is 5.75 Å². The van der Waals surface area contributed by atoms with E-state index in [1.165, 1.54) is 81.8 Å². The van der Waals surface area contributed by atoms with E-state index in [2.05, 4.69) is 19.9 Å². The van der Waals surface area contributed by atoms with Gasteiger partial charge in [-0.05, 0) is 48.9 Å². The molecule has 0 aliphatic carbocycles. The molecule has 1 N–H and O–H groups in total.